The lowest BCUT2D eigenvalue weighted by Crippen LogP contribution is -2.14. The van der Waals surface area contributed by atoms with Gasteiger partial charge in [0, 0.05) is 10.7 Å². The number of anilines is 1. The van der Waals surface area contributed by atoms with Gasteiger partial charge in [0.1, 0.15) is 10.6 Å². The molecule has 0 saturated heterocycles. The average Bonchev–Trinajstić information content (AvgIpc) is 2.56. The molecule has 0 aliphatic carbocycles. The topological polar surface area (TPSA) is 81.7 Å². The van der Waals surface area contributed by atoms with Crippen molar-refractivity contribution < 1.29 is 22.7 Å². The van der Waals surface area contributed by atoms with Crippen LogP contribution in [0.15, 0.2) is 47.4 Å². The molecule has 0 aliphatic heterocycles. The van der Waals surface area contributed by atoms with E-state index in [4.69, 9.17) is 16.3 Å². The third kappa shape index (κ3) is 4.18. The van der Waals surface area contributed by atoms with Gasteiger partial charge in [0.2, 0.25) is 0 Å². The molecule has 0 radical (unpaired) electrons. The molecule has 2 aromatic rings. The van der Waals surface area contributed by atoms with Crippen molar-refractivity contribution in [3.8, 4) is 5.75 Å². The summed E-state index contributed by atoms with van der Waals surface area (Å²) >= 11 is 5.90. The summed E-state index contributed by atoms with van der Waals surface area (Å²) in [4.78, 5) is 11.3. The van der Waals surface area contributed by atoms with Crippen LogP contribution < -0.4 is 9.46 Å². The summed E-state index contributed by atoms with van der Waals surface area (Å²) in [6.45, 7) is 2.07. The third-order valence-electron chi connectivity index (χ3n) is 3.05. The zero-order valence-electron chi connectivity index (χ0n) is 13.1. The number of methoxy groups -OCH3 is 1. The molecule has 1 N–H and O–H groups in total. The van der Waals surface area contributed by atoms with Crippen molar-refractivity contribution in [3.05, 3.63) is 53.1 Å². The van der Waals surface area contributed by atoms with Crippen molar-refractivity contribution in [1.29, 1.82) is 0 Å². The number of ether oxygens (including phenoxy) is 2. The number of rotatable bonds is 6. The van der Waals surface area contributed by atoms with Gasteiger partial charge in [-0.25, -0.2) is 13.2 Å². The summed E-state index contributed by atoms with van der Waals surface area (Å²) in [6.07, 6.45) is 0. The predicted octanol–water partition coefficient (Wildman–Crippen LogP) is 3.33. The molecule has 8 heteroatoms. The van der Waals surface area contributed by atoms with E-state index in [-0.39, 0.29) is 15.7 Å². The number of esters is 1. The number of hydrogen-bond acceptors (Lipinski definition) is 5. The normalized spacial score (nSPS) is 11.0. The van der Waals surface area contributed by atoms with Crippen LogP contribution in [-0.2, 0) is 14.8 Å². The highest BCUT2D eigenvalue weighted by molar-refractivity contribution is 7.92. The number of halogens is 1. The molecule has 24 heavy (non-hydrogen) atoms. The van der Waals surface area contributed by atoms with Crippen molar-refractivity contribution in [2.75, 3.05) is 18.4 Å². The van der Waals surface area contributed by atoms with Gasteiger partial charge in [0.05, 0.1) is 19.3 Å². The van der Waals surface area contributed by atoms with Crippen LogP contribution >= 0.6 is 11.6 Å². The Balaban J connectivity index is 2.31. The molecule has 2 aromatic carbocycles. The fraction of sp³-hybridized carbons (Fsp3) is 0.188. The van der Waals surface area contributed by atoms with E-state index in [2.05, 4.69) is 9.46 Å². The number of nitrogens with one attached hydrogen (secondary N) is 1. The van der Waals surface area contributed by atoms with E-state index in [9.17, 15) is 13.2 Å². The Bertz CT molecular complexity index is 834. The number of carbonyl (C=O) groups excluding carboxylic acids is 1. The average molecular weight is 370 g/mol. The van der Waals surface area contributed by atoms with Gasteiger partial charge in [-0.2, -0.15) is 0 Å². The highest BCUT2D eigenvalue weighted by Crippen LogP contribution is 2.29. The zero-order valence-corrected chi connectivity index (χ0v) is 14.6. The first kappa shape index (κ1) is 18.1. The molecular formula is C16H16ClNO5S. The standard InChI is InChI=1S/C16H16ClNO5S/c1-3-23-14-9-6-12(17)10-15(14)24(20,21)18-13-7-4-11(5-8-13)16(19)22-2/h4-10,18H,3H2,1-2H3. The van der Waals surface area contributed by atoms with Crippen molar-refractivity contribution in [3.63, 3.8) is 0 Å². The number of sulfonamides is 1. The van der Waals surface area contributed by atoms with E-state index in [0.29, 0.717) is 17.9 Å². The predicted molar refractivity (Wildman–Crippen MR) is 91.2 cm³/mol. The summed E-state index contributed by atoms with van der Waals surface area (Å²) in [6, 6.07) is 10.2. The molecule has 0 aliphatic rings. The monoisotopic (exact) mass is 369 g/mol. The first-order valence-electron chi connectivity index (χ1n) is 7.01. The van der Waals surface area contributed by atoms with Gasteiger partial charge in [-0.1, -0.05) is 11.6 Å². The van der Waals surface area contributed by atoms with Gasteiger partial charge in [-0.3, -0.25) is 4.72 Å². The lowest BCUT2D eigenvalue weighted by Gasteiger charge is -2.13. The van der Waals surface area contributed by atoms with E-state index < -0.39 is 16.0 Å². The second kappa shape index (κ2) is 7.55. The molecule has 6 nitrogen and oxygen atoms in total. The van der Waals surface area contributed by atoms with E-state index >= 15 is 0 Å². The highest BCUT2D eigenvalue weighted by Gasteiger charge is 2.20. The molecule has 2 rings (SSSR count). The third-order valence-corrected chi connectivity index (χ3v) is 4.69. The van der Waals surface area contributed by atoms with Gasteiger partial charge in [-0.15, -0.1) is 0 Å². The van der Waals surface area contributed by atoms with Crippen LogP contribution in [0.1, 0.15) is 17.3 Å². The van der Waals surface area contributed by atoms with Crippen LogP contribution in [0.3, 0.4) is 0 Å². The second-order valence-corrected chi connectivity index (χ2v) is 6.79. The van der Waals surface area contributed by atoms with Gasteiger partial charge >= 0.3 is 5.97 Å². The molecule has 0 heterocycles. The maximum absolute atomic E-state index is 12.6. The quantitative estimate of drug-likeness (QED) is 0.790. The van der Waals surface area contributed by atoms with Gasteiger partial charge in [0.15, 0.2) is 0 Å². The largest absolute Gasteiger partial charge is 0.492 e. The molecule has 0 aromatic heterocycles. The molecule has 0 bridgehead atoms. The van der Waals surface area contributed by atoms with Crippen LogP contribution in [0.25, 0.3) is 0 Å². The summed E-state index contributed by atoms with van der Waals surface area (Å²) in [7, 11) is -2.63. The Hall–Kier alpha value is -2.25. The summed E-state index contributed by atoms with van der Waals surface area (Å²) in [5, 5.41) is 0.278. The molecule has 128 valence electrons. The Kier molecular flexibility index (Phi) is 5.69. The molecule has 0 spiro atoms. The summed E-state index contributed by atoms with van der Waals surface area (Å²) in [5.41, 5.74) is 0.614. The van der Waals surface area contributed by atoms with Gasteiger partial charge in [-0.05, 0) is 49.4 Å². The van der Waals surface area contributed by atoms with E-state index in [1.807, 2.05) is 0 Å². The lowest BCUT2D eigenvalue weighted by atomic mass is 10.2. The van der Waals surface area contributed by atoms with Crippen LogP contribution in [0.4, 0.5) is 5.69 Å². The first-order chi connectivity index (χ1) is 11.4. The minimum absolute atomic E-state index is 0.0612. The fourth-order valence-corrected chi connectivity index (χ4v) is 3.44. The van der Waals surface area contributed by atoms with Crippen LogP contribution in [0.2, 0.25) is 5.02 Å². The Morgan fingerprint density at radius 3 is 2.42 bits per heavy atom. The van der Waals surface area contributed by atoms with Crippen molar-refractivity contribution in [2.24, 2.45) is 0 Å². The minimum Gasteiger partial charge on any atom is -0.492 e. The highest BCUT2D eigenvalue weighted by atomic mass is 35.5. The Morgan fingerprint density at radius 2 is 1.83 bits per heavy atom. The second-order valence-electron chi connectivity index (χ2n) is 4.70. The maximum atomic E-state index is 12.6. The van der Waals surface area contributed by atoms with Gasteiger partial charge in [0.25, 0.3) is 10.0 Å². The molecule has 0 unspecified atom stereocenters. The van der Waals surface area contributed by atoms with Gasteiger partial charge < -0.3 is 9.47 Å². The van der Waals surface area contributed by atoms with E-state index in [1.165, 1.54) is 43.5 Å². The minimum atomic E-state index is -3.90. The number of hydrogen-bond donors (Lipinski definition) is 1. The molecular weight excluding hydrogens is 354 g/mol. The zero-order chi connectivity index (χ0) is 17.7. The SMILES string of the molecule is CCOc1ccc(Cl)cc1S(=O)(=O)Nc1ccc(C(=O)OC)cc1. The maximum Gasteiger partial charge on any atom is 0.337 e. The van der Waals surface area contributed by atoms with Crippen molar-refractivity contribution in [1.82, 2.24) is 0 Å². The Labute approximate surface area is 145 Å². The van der Waals surface area contributed by atoms with E-state index in [1.54, 1.807) is 13.0 Å². The first-order valence-corrected chi connectivity index (χ1v) is 8.87. The van der Waals surface area contributed by atoms with E-state index in [0.717, 1.165) is 0 Å². The van der Waals surface area contributed by atoms with Crippen molar-refractivity contribution in [2.45, 2.75) is 11.8 Å². The molecule has 0 amide bonds. The fourth-order valence-electron chi connectivity index (χ4n) is 1.97. The lowest BCUT2D eigenvalue weighted by molar-refractivity contribution is 0.0601. The molecule has 0 fully saturated rings. The number of carbonyl (C=O) groups is 1. The smallest absolute Gasteiger partial charge is 0.337 e. The molecule has 0 saturated carbocycles. The Morgan fingerprint density at radius 1 is 1.17 bits per heavy atom. The van der Waals surface area contributed by atoms with Crippen LogP contribution in [0.5, 0.6) is 5.75 Å². The molecule has 0 atom stereocenters. The van der Waals surface area contributed by atoms with Crippen molar-refractivity contribution >= 4 is 33.3 Å². The van der Waals surface area contributed by atoms with Crippen LogP contribution in [-0.4, -0.2) is 28.1 Å². The number of benzene rings is 2. The van der Waals surface area contributed by atoms with Crippen LogP contribution in [0, 0.1) is 0 Å². The summed E-state index contributed by atoms with van der Waals surface area (Å²) < 4.78 is 37.5. The summed E-state index contributed by atoms with van der Waals surface area (Å²) in [5.74, 6) is -0.293.